The minimum absolute atomic E-state index is 0.124. The molecule has 2 aromatic carbocycles. The SMILES string of the molecule is Cc1ccc(NS(=O)(=O)c2ccc(C(=O)NC3CCN(C)CC3)cc2)cc1. The lowest BCUT2D eigenvalue weighted by molar-refractivity contribution is 0.0917. The van der Waals surface area contributed by atoms with E-state index in [0.29, 0.717) is 11.3 Å². The fourth-order valence-electron chi connectivity index (χ4n) is 3.04. The normalized spacial score (nSPS) is 16.1. The summed E-state index contributed by atoms with van der Waals surface area (Å²) in [5.74, 6) is -0.167. The van der Waals surface area contributed by atoms with E-state index >= 15 is 0 Å². The lowest BCUT2D eigenvalue weighted by Gasteiger charge is -2.29. The second-order valence-corrected chi connectivity index (χ2v) is 8.73. The molecule has 0 atom stereocenters. The second-order valence-electron chi connectivity index (χ2n) is 7.05. The molecule has 144 valence electrons. The average Bonchev–Trinajstić information content (AvgIpc) is 2.65. The van der Waals surface area contributed by atoms with Crippen molar-refractivity contribution in [2.75, 3.05) is 24.9 Å². The zero-order valence-corrected chi connectivity index (χ0v) is 16.4. The Morgan fingerprint density at radius 3 is 2.19 bits per heavy atom. The average molecular weight is 388 g/mol. The molecule has 1 fully saturated rings. The van der Waals surface area contributed by atoms with Crippen molar-refractivity contribution in [1.29, 1.82) is 0 Å². The molecule has 0 spiro atoms. The number of nitrogens with one attached hydrogen (secondary N) is 2. The third kappa shape index (κ3) is 5.08. The van der Waals surface area contributed by atoms with Crippen LogP contribution in [0.2, 0.25) is 0 Å². The van der Waals surface area contributed by atoms with Gasteiger partial charge in [0.25, 0.3) is 15.9 Å². The third-order valence-electron chi connectivity index (χ3n) is 4.78. The van der Waals surface area contributed by atoms with Gasteiger partial charge in [0.05, 0.1) is 4.90 Å². The van der Waals surface area contributed by atoms with E-state index in [0.717, 1.165) is 31.5 Å². The quantitative estimate of drug-likeness (QED) is 0.827. The lowest BCUT2D eigenvalue weighted by atomic mass is 10.0. The summed E-state index contributed by atoms with van der Waals surface area (Å²) >= 11 is 0. The van der Waals surface area contributed by atoms with Crippen molar-refractivity contribution in [2.24, 2.45) is 0 Å². The van der Waals surface area contributed by atoms with Gasteiger partial charge in [-0.25, -0.2) is 8.42 Å². The van der Waals surface area contributed by atoms with E-state index in [1.165, 1.54) is 12.1 Å². The summed E-state index contributed by atoms with van der Waals surface area (Å²) in [6.07, 6.45) is 1.85. The molecule has 6 nitrogen and oxygen atoms in total. The van der Waals surface area contributed by atoms with Gasteiger partial charge in [-0.1, -0.05) is 17.7 Å². The number of hydrogen-bond donors (Lipinski definition) is 2. The van der Waals surface area contributed by atoms with Crippen LogP contribution in [-0.4, -0.2) is 45.4 Å². The van der Waals surface area contributed by atoms with Crippen LogP contribution in [0.25, 0.3) is 0 Å². The Hall–Kier alpha value is -2.38. The van der Waals surface area contributed by atoms with Gasteiger partial charge < -0.3 is 10.2 Å². The van der Waals surface area contributed by atoms with Crippen LogP contribution >= 0.6 is 0 Å². The Bertz CT molecular complexity index is 885. The van der Waals surface area contributed by atoms with Gasteiger partial charge in [0, 0.05) is 17.3 Å². The molecule has 1 aliphatic rings. The van der Waals surface area contributed by atoms with Crippen molar-refractivity contribution in [3.05, 3.63) is 59.7 Å². The highest BCUT2D eigenvalue weighted by Crippen LogP contribution is 2.17. The lowest BCUT2D eigenvalue weighted by Crippen LogP contribution is -2.43. The highest BCUT2D eigenvalue weighted by molar-refractivity contribution is 7.92. The predicted molar refractivity (Wildman–Crippen MR) is 106 cm³/mol. The molecule has 0 bridgehead atoms. The molecule has 0 saturated carbocycles. The Morgan fingerprint density at radius 1 is 1.00 bits per heavy atom. The zero-order chi connectivity index (χ0) is 19.4. The van der Waals surface area contributed by atoms with Crippen molar-refractivity contribution >= 4 is 21.6 Å². The topological polar surface area (TPSA) is 78.5 Å². The van der Waals surface area contributed by atoms with Crippen molar-refractivity contribution in [3.63, 3.8) is 0 Å². The van der Waals surface area contributed by atoms with Gasteiger partial charge in [-0.3, -0.25) is 9.52 Å². The van der Waals surface area contributed by atoms with Crippen LogP contribution in [0.5, 0.6) is 0 Å². The monoisotopic (exact) mass is 387 g/mol. The summed E-state index contributed by atoms with van der Waals surface area (Å²) in [4.78, 5) is 14.8. The molecule has 2 aromatic rings. The van der Waals surface area contributed by atoms with E-state index in [9.17, 15) is 13.2 Å². The largest absolute Gasteiger partial charge is 0.349 e. The number of benzene rings is 2. The van der Waals surface area contributed by atoms with Gasteiger partial charge in [0.2, 0.25) is 0 Å². The fourth-order valence-corrected chi connectivity index (χ4v) is 4.10. The molecule has 2 N–H and O–H groups in total. The first-order valence-electron chi connectivity index (χ1n) is 9.02. The van der Waals surface area contributed by atoms with Crippen molar-refractivity contribution in [2.45, 2.75) is 30.7 Å². The third-order valence-corrected chi connectivity index (χ3v) is 6.18. The summed E-state index contributed by atoms with van der Waals surface area (Å²) in [7, 11) is -1.62. The zero-order valence-electron chi connectivity index (χ0n) is 15.6. The number of anilines is 1. The van der Waals surface area contributed by atoms with E-state index in [4.69, 9.17) is 0 Å². The second kappa shape index (κ2) is 8.10. The number of carbonyl (C=O) groups excluding carboxylic acids is 1. The van der Waals surface area contributed by atoms with E-state index < -0.39 is 10.0 Å². The molecule has 27 heavy (non-hydrogen) atoms. The summed E-state index contributed by atoms with van der Waals surface area (Å²) in [5.41, 5.74) is 2.02. The minimum Gasteiger partial charge on any atom is -0.349 e. The number of sulfonamides is 1. The summed E-state index contributed by atoms with van der Waals surface area (Å²) in [6.45, 7) is 3.87. The first kappa shape index (κ1) is 19.4. The van der Waals surface area contributed by atoms with Crippen LogP contribution in [0.1, 0.15) is 28.8 Å². The highest BCUT2D eigenvalue weighted by atomic mass is 32.2. The van der Waals surface area contributed by atoms with Crippen LogP contribution < -0.4 is 10.0 Å². The molecule has 1 aliphatic heterocycles. The highest BCUT2D eigenvalue weighted by Gasteiger charge is 2.20. The Labute approximate surface area is 160 Å². The van der Waals surface area contributed by atoms with E-state index in [1.54, 1.807) is 24.3 Å². The van der Waals surface area contributed by atoms with Gasteiger partial charge >= 0.3 is 0 Å². The number of amides is 1. The van der Waals surface area contributed by atoms with Gasteiger partial charge in [0.1, 0.15) is 0 Å². The van der Waals surface area contributed by atoms with Gasteiger partial charge in [-0.2, -0.15) is 0 Å². The Balaban J connectivity index is 1.65. The molecule has 1 heterocycles. The number of carbonyl (C=O) groups is 1. The molecule has 0 aromatic heterocycles. The standard InChI is InChI=1S/C20H25N3O3S/c1-15-3-7-18(8-4-15)22-27(25,26)19-9-5-16(6-10-19)20(24)21-17-11-13-23(2)14-12-17/h3-10,17,22H,11-14H2,1-2H3,(H,21,24). The van der Waals surface area contributed by atoms with Crippen molar-refractivity contribution in [1.82, 2.24) is 10.2 Å². The minimum atomic E-state index is -3.69. The molecular formula is C20H25N3O3S. The first-order chi connectivity index (χ1) is 12.8. The molecule has 7 heteroatoms. The Morgan fingerprint density at radius 2 is 1.59 bits per heavy atom. The number of nitrogens with zero attached hydrogens (tertiary/aromatic N) is 1. The predicted octanol–water partition coefficient (Wildman–Crippen LogP) is 2.62. The fraction of sp³-hybridized carbons (Fsp3) is 0.350. The molecule has 0 aliphatic carbocycles. The molecule has 3 rings (SSSR count). The molecule has 1 amide bonds. The van der Waals surface area contributed by atoms with Crippen LogP contribution in [-0.2, 0) is 10.0 Å². The number of hydrogen-bond acceptors (Lipinski definition) is 4. The first-order valence-corrected chi connectivity index (χ1v) is 10.5. The van der Waals surface area contributed by atoms with Crippen LogP contribution in [0.15, 0.2) is 53.4 Å². The molecule has 0 unspecified atom stereocenters. The van der Waals surface area contributed by atoms with E-state index in [1.807, 2.05) is 19.1 Å². The van der Waals surface area contributed by atoms with E-state index in [2.05, 4.69) is 22.0 Å². The van der Waals surface area contributed by atoms with Gasteiger partial charge in [0.15, 0.2) is 0 Å². The van der Waals surface area contributed by atoms with Crippen LogP contribution in [0, 0.1) is 6.92 Å². The summed E-state index contributed by atoms with van der Waals surface area (Å²) in [6, 6.07) is 13.3. The molecular weight excluding hydrogens is 362 g/mol. The summed E-state index contributed by atoms with van der Waals surface area (Å²) < 4.78 is 27.5. The summed E-state index contributed by atoms with van der Waals surface area (Å²) in [5, 5.41) is 3.03. The number of rotatable bonds is 5. The number of likely N-dealkylation sites (tertiary alicyclic amines) is 1. The molecule has 1 saturated heterocycles. The van der Waals surface area contributed by atoms with Crippen LogP contribution in [0.4, 0.5) is 5.69 Å². The van der Waals surface area contributed by atoms with Gasteiger partial charge in [-0.15, -0.1) is 0 Å². The molecule has 0 radical (unpaired) electrons. The Kier molecular flexibility index (Phi) is 5.82. The van der Waals surface area contributed by atoms with Crippen LogP contribution in [0.3, 0.4) is 0 Å². The van der Waals surface area contributed by atoms with E-state index in [-0.39, 0.29) is 16.8 Å². The van der Waals surface area contributed by atoms with Crippen molar-refractivity contribution in [3.8, 4) is 0 Å². The maximum Gasteiger partial charge on any atom is 0.261 e. The maximum atomic E-state index is 12.5. The van der Waals surface area contributed by atoms with Crippen molar-refractivity contribution < 1.29 is 13.2 Å². The number of piperidine rings is 1. The smallest absolute Gasteiger partial charge is 0.261 e. The van der Waals surface area contributed by atoms with Gasteiger partial charge in [-0.05, 0) is 76.3 Å². The maximum absolute atomic E-state index is 12.5. The number of aryl methyl sites for hydroxylation is 1.